The summed E-state index contributed by atoms with van der Waals surface area (Å²) in [6.45, 7) is 3.52. The molecule has 2 saturated heterocycles. The Balaban J connectivity index is 2.13. The van der Waals surface area contributed by atoms with Crippen LogP contribution in [0.4, 0.5) is 0 Å². The Hall–Kier alpha value is -0.410. The fourth-order valence-corrected chi connectivity index (χ4v) is 2.69. The van der Waals surface area contributed by atoms with E-state index in [1.165, 1.54) is 6.42 Å². The fourth-order valence-electron chi connectivity index (χ4n) is 2.69. The van der Waals surface area contributed by atoms with Crippen molar-refractivity contribution in [1.29, 1.82) is 0 Å². The van der Waals surface area contributed by atoms with Crippen LogP contribution in [0.3, 0.4) is 0 Å². The number of hydrogen-bond acceptors (Lipinski definition) is 3. The SMILES string of the molecule is CC(=O)C1C2OCCCC2CN1C. The number of carbonyl (C=O) groups excluding carboxylic acids is 1. The molecule has 2 aliphatic heterocycles. The maximum absolute atomic E-state index is 11.4. The molecule has 0 aromatic rings. The average molecular weight is 183 g/mol. The second-order valence-corrected chi connectivity index (χ2v) is 4.23. The summed E-state index contributed by atoms with van der Waals surface area (Å²) in [4.78, 5) is 13.5. The number of carbonyl (C=O) groups is 1. The minimum absolute atomic E-state index is 0.0188. The summed E-state index contributed by atoms with van der Waals surface area (Å²) in [5.74, 6) is 0.838. The maximum Gasteiger partial charge on any atom is 0.149 e. The van der Waals surface area contributed by atoms with Crippen LogP contribution < -0.4 is 0 Å². The molecule has 2 aliphatic rings. The fraction of sp³-hybridized carbons (Fsp3) is 0.900. The summed E-state index contributed by atoms with van der Waals surface area (Å²) >= 11 is 0. The van der Waals surface area contributed by atoms with Gasteiger partial charge < -0.3 is 4.74 Å². The van der Waals surface area contributed by atoms with Crippen LogP contribution in [-0.2, 0) is 9.53 Å². The molecule has 0 aromatic heterocycles. The molecule has 0 amide bonds. The highest BCUT2D eigenvalue weighted by Gasteiger charge is 2.44. The number of nitrogens with zero attached hydrogens (tertiary/aromatic N) is 1. The number of likely N-dealkylation sites (tertiary alicyclic amines) is 1. The van der Waals surface area contributed by atoms with Crippen LogP contribution in [0.5, 0.6) is 0 Å². The molecule has 0 spiro atoms. The lowest BCUT2D eigenvalue weighted by atomic mass is 9.93. The maximum atomic E-state index is 11.4. The van der Waals surface area contributed by atoms with E-state index in [0.29, 0.717) is 5.92 Å². The lowest BCUT2D eigenvalue weighted by Gasteiger charge is -2.28. The Morgan fingerprint density at radius 1 is 1.54 bits per heavy atom. The third-order valence-corrected chi connectivity index (χ3v) is 3.22. The summed E-state index contributed by atoms with van der Waals surface area (Å²) < 4.78 is 5.68. The van der Waals surface area contributed by atoms with Crippen molar-refractivity contribution in [1.82, 2.24) is 4.90 Å². The zero-order valence-corrected chi connectivity index (χ0v) is 8.32. The van der Waals surface area contributed by atoms with E-state index in [1.807, 2.05) is 7.05 Å². The zero-order valence-electron chi connectivity index (χ0n) is 8.32. The van der Waals surface area contributed by atoms with Gasteiger partial charge in [-0.2, -0.15) is 0 Å². The Labute approximate surface area is 79.0 Å². The number of Topliss-reactive ketones (excluding diaryl/α,β-unsaturated/α-hetero) is 1. The molecule has 0 radical (unpaired) electrons. The number of fused-ring (bicyclic) bond motifs is 1. The van der Waals surface area contributed by atoms with Crippen LogP contribution in [0.25, 0.3) is 0 Å². The van der Waals surface area contributed by atoms with Gasteiger partial charge in [0.2, 0.25) is 0 Å². The molecule has 0 N–H and O–H groups in total. The van der Waals surface area contributed by atoms with Crippen LogP contribution in [0.15, 0.2) is 0 Å². The van der Waals surface area contributed by atoms with Crippen LogP contribution in [-0.4, -0.2) is 43.0 Å². The van der Waals surface area contributed by atoms with Crippen molar-refractivity contribution in [2.75, 3.05) is 20.2 Å². The van der Waals surface area contributed by atoms with Gasteiger partial charge >= 0.3 is 0 Å². The van der Waals surface area contributed by atoms with Gasteiger partial charge in [-0.1, -0.05) is 0 Å². The van der Waals surface area contributed by atoms with Gasteiger partial charge in [-0.3, -0.25) is 9.69 Å². The summed E-state index contributed by atoms with van der Waals surface area (Å²) in [6.07, 6.45) is 2.55. The van der Waals surface area contributed by atoms with Gasteiger partial charge in [-0.25, -0.2) is 0 Å². The molecule has 0 saturated carbocycles. The molecule has 2 rings (SSSR count). The van der Waals surface area contributed by atoms with Gasteiger partial charge in [0.15, 0.2) is 0 Å². The molecule has 74 valence electrons. The monoisotopic (exact) mass is 183 g/mol. The summed E-state index contributed by atoms with van der Waals surface area (Å²) in [7, 11) is 2.02. The molecule has 13 heavy (non-hydrogen) atoms. The van der Waals surface area contributed by atoms with E-state index in [-0.39, 0.29) is 17.9 Å². The molecule has 3 nitrogen and oxygen atoms in total. The van der Waals surface area contributed by atoms with E-state index in [1.54, 1.807) is 6.92 Å². The van der Waals surface area contributed by atoms with Crippen molar-refractivity contribution in [3.63, 3.8) is 0 Å². The van der Waals surface area contributed by atoms with Crippen LogP contribution in [0.2, 0.25) is 0 Å². The van der Waals surface area contributed by atoms with E-state index < -0.39 is 0 Å². The van der Waals surface area contributed by atoms with Crippen molar-refractivity contribution in [2.24, 2.45) is 5.92 Å². The number of hydrogen-bond donors (Lipinski definition) is 0. The predicted octanol–water partition coefficient (Wildman–Crippen LogP) is 0.685. The molecule has 3 heteroatoms. The van der Waals surface area contributed by atoms with Gasteiger partial charge in [0, 0.05) is 13.2 Å². The first-order valence-electron chi connectivity index (χ1n) is 5.02. The number of ketones is 1. The van der Waals surface area contributed by atoms with Crippen molar-refractivity contribution in [3.05, 3.63) is 0 Å². The first-order valence-corrected chi connectivity index (χ1v) is 5.02. The quantitative estimate of drug-likeness (QED) is 0.599. The van der Waals surface area contributed by atoms with Crippen molar-refractivity contribution in [2.45, 2.75) is 31.9 Å². The van der Waals surface area contributed by atoms with E-state index >= 15 is 0 Å². The number of likely N-dealkylation sites (N-methyl/N-ethyl adjacent to an activating group) is 1. The first-order chi connectivity index (χ1) is 6.20. The third kappa shape index (κ3) is 1.51. The van der Waals surface area contributed by atoms with Crippen LogP contribution in [0, 0.1) is 5.92 Å². The molecular weight excluding hydrogens is 166 g/mol. The van der Waals surface area contributed by atoms with Crippen molar-refractivity contribution >= 4 is 5.78 Å². The van der Waals surface area contributed by atoms with Crippen LogP contribution >= 0.6 is 0 Å². The number of ether oxygens (including phenoxy) is 1. The van der Waals surface area contributed by atoms with Gasteiger partial charge in [-0.15, -0.1) is 0 Å². The van der Waals surface area contributed by atoms with Crippen molar-refractivity contribution < 1.29 is 9.53 Å². The molecule has 3 atom stereocenters. The summed E-state index contributed by atoms with van der Waals surface area (Å²) in [6, 6.07) is 0.0188. The van der Waals surface area contributed by atoms with E-state index in [2.05, 4.69) is 4.90 Å². The standard InChI is InChI=1S/C10H17NO2/c1-7(12)9-10-8(6-11(9)2)4-3-5-13-10/h8-10H,3-6H2,1-2H3. The molecule has 3 unspecified atom stereocenters. The third-order valence-electron chi connectivity index (χ3n) is 3.22. The van der Waals surface area contributed by atoms with Gasteiger partial charge in [0.1, 0.15) is 5.78 Å². The topological polar surface area (TPSA) is 29.5 Å². The molecule has 2 heterocycles. The van der Waals surface area contributed by atoms with Crippen molar-refractivity contribution in [3.8, 4) is 0 Å². The second-order valence-electron chi connectivity index (χ2n) is 4.23. The molecule has 0 bridgehead atoms. The Kier molecular flexibility index (Phi) is 2.39. The normalized spacial score (nSPS) is 40.3. The van der Waals surface area contributed by atoms with E-state index in [4.69, 9.17) is 4.74 Å². The highest BCUT2D eigenvalue weighted by Crippen LogP contribution is 2.32. The Morgan fingerprint density at radius 2 is 2.31 bits per heavy atom. The minimum atomic E-state index is 0.0188. The zero-order chi connectivity index (χ0) is 9.42. The van der Waals surface area contributed by atoms with E-state index in [0.717, 1.165) is 19.6 Å². The van der Waals surface area contributed by atoms with Gasteiger partial charge in [0.05, 0.1) is 12.1 Å². The van der Waals surface area contributed by atoms with Crippen LogP contribution in [0.1, 0.15) is 19.8 Å². The van der Waals surface area contributed by atoms with E-state index in [9.17, 15) is 4.79 Å². The molecular formula is C10H17NO2. The Bertz CT molecular complexity index is 217. The smallest absolute Gasteiger partial charge is 0.149 e. The highest BCUT2D eigenvalue weighted by atomic mass is 16.5. The lowest BCUT2D eigenvalue weighted by molar-refractivity contribution is -0.126. The largest absolute Gasteiger partial charge is 0.376 e. The van der Waals surface area contributed by atoms with Gasteiger partial charge in [0.25, 0.3) is 0 Å². The lowest BCUT2D eigenvalue weighted by Crippen LogP contribution is -2.41. The van der Waals surface area contributed by atoms with Gasteiger partial charge in [-0.05, 0) is 32.7 Å². The predicted molar refractivity (Wildman–Crippen MR) is 49.6 cm³/mol. The first kappa shape index (κ1) is 9.16. The second kappa shape index (κ2) is 3.39. The molecule has 0 aromatic carbocycles. The molecule has 2 fully saturated rings. The summed E-state index contributed by atoms with van der Waals surface area (Å²) in [5, 5.41) is 0. The summed E-state index contributed by atoms with van der Waals surface area (Å²) in [5.41, 5.74) is 0. The average Bonchev–Trinajstić information content (AvgIpc) is 2.39. The number of rotatable bonds is 1. The highest BCUT2D eigenvalue weighted by molar-refractivity contribution is 5.82. The minimum Gasteiger partial charge on any atom is -0.376 e. The Morgan fingerprint density at radius 3 is 3.00 bits per heavy atom. The molecule has 0 aliphatic carbocycles.